The second-order valence-electron chi connectivity index (χ2n) is 3.52. The Morgan fingerprint density at radius 2 is 2.14 bits per heavy atom. The van der Waals surface area contributed by atoms with Crippen molar-refractivity contribution in [2.75, 3.05) is 27.7 Å². The van der Waals surface area contributed by atoms with Gasteiger partial charge in [-0.3, -0.25) is 0 Å². The van der Waals surface area contributed by atoms with Gasteiger partial charge < -0.3 is 9.64 Å². The third-order valence-electron chi connectivity index (χ3n) is 2.07. The summed E-state index contributed by atoms with van der Waals surface area (Å²) in [6.07, 6.45) is 2.81. The van der Waals surface area contributed by atoms with E-state index in [0.717, 1.165) is 18.7 Å². The average Bonchev–Trinajstić information content (AvgIpc) is 2.15. The van der Waals surface area contributed by atoms with Crippen LogP contribution in [0.5, 0.6) is 6.01 Å². The van der Waals surface area contributed by atoms with Gasteiger partial charge in [0.25, 0.3) is 0 Å². The zero-order valence-electron chi connectivity index (χ0n) is 9.24. The summed E-state index contributed by atoms with van der Waals surface area (Å²) >= 11 is 0. The number of hydrogen-bond donors (Lipinski definition) is 0. The van der Waals surface area contributed by atoms with Gasteiger partial charge in [-0.2, -0.15) is 0 Å². The van der Waals surface area contributed by atoms with Crippen molar-refractivity contribution in [2.45, 2.75) is 13.3 Å². The van der Waals surface area contributed by atoms with Gasteiger partial charge in [0.15, 0.2) is 0 Å². The van der Waals surface area contributed by atoms with Crippen molar-refractivity contribution in [3.8, 4) is 6.01 Å². The lowest BCUT2D eigenvalue weighted by molar-refractivity contribution is 0.376. The van der Waals surface area contributed by atoms with Crippen LogP contribution in [0.3, 0.4) is 0 Å². The number of ether oxygens (including phenoxy) is 1. The standard InChI is InChI=1S/C10H17N3O/c1-8-9(5-6-13(2)3)7-11-10(12-8)14-4/h7H,5-6H2,1-4H3. The van der Waals surface area contributed by atoms with Gasteiger partial charge in [0.2, 0.25) is 0 Å². The van der Waals surface area contributed by atoms with Crippen LogP contribution in [0.2, 0.25) is 0 Å². The quantitative estimate of drug-likeness (QED) is 0.715. The zero-order valence-corrected chi connectivity index (χ0v) is 9.24. The number of aromatic nitrogens is 2. The molecule has 0 aliphatic heterocycles. The molecule has 4 nitrogen and oxygen atoms in total. The van der Waals surface area contributed by atoms with Gasteiger partial charge in [0, 0.05) is 18.4 Å². The summed E-state index contributed by atoms with van der Waals surface area (Å²) < 4.78 is 4.94. The van der Waals surface area contributed by atoms with Gasteiger partial charge in [-0.1, -0.05) is 0 Å². The topological polar surface area (TPSA) is 38.2 Å². The van der Waals surface area contributed by atoms with E-state index in [1.807, 2.05) is 13.1 Å². The van der Waals surface area contributed by atoms with E-state index in [4.69, 9.17) is 4.74 Å². The van der Waals surface area contributed by atoms with E-state index in [0.29, 0.717) is 6.01 Å². The molecule has 0 aliphatic carbocycles. The van der Waals surface area contributed by atoms with E-state index in [1.165, 1.54) is 5.56 Å². The molecule has 78 valence electrons. The van der Waals surface area contributed by atoms with Crippen LogP contribution >= 0.6 is 0 Å². The molecule has 0 amide bonds. The Labute approximate surface area is 84.9 Å². The fourth-order valence-corrected chi connectivity index (χ4v) is 1.16. The first-order valence-corrected chi connectivity index (χ1v) is 4.64. The molecule has 0 radical (unpaired) electrons. The lowest BCUT2D eigenvalue weighted by Crippen LogP contribution is -2.16. The average molecular weight is 195 g/mol. The number of hydrogen-bond acceptors (Lipinski definition) is 4. The van der Waals surface area contributed by atoms with Gasteiger partial charge >= 0.3 is 6.01 Å². The maximum atomic E-state index is 4.94. The van der Waals surface area contributed by atoms with E-state index in [-0.39, 0.29) is 0 Å². The molecule has 0 saturated heterocycles. The molecule has 1 rings (SSSR count). The van der Waals surface area contributed by atoms with Crippen LogP contribution < -0.4 is 4.74 Å². The lowest BCUT2D eigenvalue weighted by atomic mass is 10.2. The molecule has 1 heterocycles. The van der Waals surface area contributed by atoms with Crippen LogP contribution in [0.4, 0.5) is 0 Å². The number of methoxy groups -OCH3 is 1. The lowest BCUT2D eigenvalue weighted by Gasteiger charge is -2.10. The Morgan fingerprint density at radius 1 is 1.43 bits per heavy atom. The summed E-state index contributed by atoms with van der Waals surface area (Å²) in [5, 5.41) is 0. The smallest absolute Gasteiger partial charge is 0.316 e. The van der Waals surface area contributed by atoms with E-state index < -0.39 is 0 Å². The minimum absolute atomic E-state index is 0.441. The molecule has 0 fully saturated rings. The minimum atomic E-state index is 0.441. The summed E-state index contributed by atoms with van der Waals surface area (Å²) in [7, 11) is 5.69. The first-order valence-electron chi connectivity index (χ1n) is 4.64. The minimum Gasteiger partial charge on any atom is -0.467 e. The molecule has 0 atom stereocenters. The second kappa shape index (κ2) is 4.91. The number of rotatable bonds is 4. The Bertz CT molecular complexity index is 299. The van der Waals surface area contributed by atoms with E-state index in [2.05, 4.69) is 29.0 Å². The summed E-state index contributed by atoms with van der Waals surface area (Å²) in [5.41, 5.74) is 2.18. The summed E-state index contributed by atoms with van der Waals surface area (Å²) in [5.74, 6) is 0. The van der Waals surface area contributed by atoms with Gasteiger partial charge in [-0.25, -0.2) is 9.97 Å². The fraction of sp³-hybridized carbons (Fsp3) is 0.600. The molecule has 0 N–H and O–H groups in total. The molecule has 0 saturated carbocycles. The van der Waals surface area contributed by atoms with Crippen molar-refractivity contribution in [1.82, 2.24) is 14.9 Å². The Hall–Kier alpha value is -1.16. The Morgan fingerprint density at radius 3 is 2.64 bits per heavy atom. The van der Waals surface area contributed by atoms with E-state index in [1.54, 1.807) is 7.11 Å². The highest BCUT2D eigenvalue weighted by Crippen LogP contribution is 2.08. The number of nitrogens with zero attached hydrogens (tertiary/aromatic N) is 3. The Balaban J connectivity index is 2.69. The highest BCUT2D eigenvalue weighted by atomic mass is 16.5. The van der Waals surface area contributed by atoms with Crippen molar-refractivity contribution >= 4 is 0 Å². The normalized spacial score (nSPS) is 10.6. The van der Waals surface area contributed by atoms with E-state index >= 15 is 0 Å². The highest BCUT2D eigenvalue weighted by molar-refractivity contribution is 5.18. The van der Waals surface area contributed by atoms with Gasteiger partial charge in [-0.05, 0) is 33.0 Å². The third kappa shape index (κ3) is 2.96. The predicted octanol–water partition coefficient (Wildman–Crippen LogP) is 0.898. The van der Waals surface area contributed by atoms with Crippen molar-refractivity contribution in [3.63, 3.8) is 0 Å². The second-order valence-corrected chi connectivity index (χ2v) is 3.52. The molecular formula is C10H17N3O. The summed E-state index contributed by atoms with van der Waals surface area (Å²) in [6.45, 7) is 2.99. The molecule has 0 spiro atoms. The number of likely N-dealkylation sites (N-methyl/N-ethyl adjacent to an activating group) is 1. The molecule has 0 aromatic carbocycles. The van der Waals surface area contributed by atoms with Crippen LogP contribution in [-0.4, -0.2) is 42.6 Å². The van der Waals surface area contributed by atoms with Gasteiger partial charge in [0.1, 0.15) is 0 Å². The summed E-state index contributed by atoms with van der Waals surface area (Å²) in [6, 6.07) is 0.441. The molecule has 0 bridgehead atoms. The van der Waals surface area contributed by atoms with Gasteiger partial charge in [0.05, 0.1) is 7.11 Å². The van der Waals surface area contributed by atoms with Crippen LogP contribution in [-0.2, 0) is 6.42 Å². The molecule has 1 aromatic heterocycles. The maximum Gasteiger partial charge on any atom is 0.316 e. The van der Waals surface area contributed by atoms with E-state index in [9.17, 15) is 0 Å². The Kier molecular flexibility index (Phi) is 3.83. The van der Waals surface area contributed by atoms with Crippen molar-refractivity contribution in [2.24, 2.45) is 0 Å². The zero-order chi connectivity index (χ0) is 10.6. The third-order valence-corrected chi connectivity index (χ3v) is 2.07. The van der Waals surface area contributed by atoms with Crippen molar-refractivity contribution in [1.29, 1.82) is 0 Å². The molecule has 1 aromatic rings. The van der Waals surface area contributed by atoms with Crippen LogP contribution in [0.15, 0.2) is 6.20 Å². The molecular weight excluding hydrogens is 178 g/mol. The molecule has 14 heavy (non-hydrogen) atoms. The van der Waals surface area contributed by atoms with Crippen LogP contribution in [0, 0.1) is 6.92 Å². The molecule has 0 unspecified atom stereocenters. The van der Waals surface area contributed by atoms with Crippen molar-refractivity contribution < 1.29 is 4.74 Å². The van der Waals surface area contributed by atoms with Crippen molar-refractivity contribution in [3.05, 3.63) is 17.5 Å². The van der Waals surface area contributed by atoms with Crippen LogP contribution in [0.1, 0.15) is 11.3 Å². The molecule has 4 heteroatoms. The first kappa shape index (κ1) is 10.9. The number of aryl methyl sites for hydroxylation is 1. The maximum absolute atomic E-state index is 4.94. The van der Waals surface area contributed by atoms with Gasteiger partial charge in [-0.15, -0.1) is 0 Å². The fourth-order valence-electron chi connectivity index (χ4n) is 1.16. The highest BCUT2D eigenvalue weighted by Gasteiger charge is 2.03. The summed E-state index contributed by atoms with van der Waals surface area (Å²) in [4.78, 5) is 10.4. The SMILES string of the molecule is COc1ncc(CCN(C)C)c(C)n1. The monoisotopic (exact) mass is 195 g/mol. The first-order chi connectivity index (χ1) is 6.63. The predicted molar refractivity (Wildman–Crippen MR) is 55.6 cm³/mol. The molecule has 0 aliphatic rings. The largest absolute Gasteiger partial charge is 0.467 e. The van der Waals surface area contributed by atoms with Crippen LogP contribution in [0.25, 0.3) is 0 Å².